The van der Waals surface area contributed by atoms with E-state index in [1.807, 2.05) is 12.1 Å². The third kappa shape index (κ3) is 3.56. The quantitative estimate of drug-likeness (QED) is 0.690. The van der Waals surface area contributed by atoms with Crippen molar-refractivity contribution in [1.82, 2.24) is 0 Å². The zero-order valence-electron chi connectivity index (χ0n) is 10.3. The summed E-state index contributed by atoms with van der Waals surface area (Å²) in [5.74, 6) is 0. The summed E-state index contributed by atoms with van der Waals surface area (Å²) < 4.78 is 1.69. The van der Waals surface area contributed by atoms with Crippen LogP contribution in [0.5, 0.6) is 0 Å². The van der Waals surface area contributed by atoms with Crippen LogP contribution in [0.3, 0.4) is 0 Å². The van der Waals surface area contributed by atoms with Gasteiger partial charge in [0.25, 0.3) is 0 Å². The summed E-state index contributed by atoms with van der Waals surface area (Å²) in [4.78, 5) is 0. The van der Waals surface area contributed by atoms with E-state index >= 15 is 0 Å². The second kappa shape index (κ2) is 6.77. The first-order valence-corrected chi connectivity index (χ1v) is 8.15. The molecule has 2 atom stereocenters. The normalized spacial score (nSPS) is 14.1. The monoisotopic (exact) mass is 436 g/mol. The Bertz CT molecular complexity index is 579. The molecule has 0 aliphatic rings. The van der Waals surface area contributed by atoms with Gasteiger partial charge < -0.3 is 11.5 Å². The van der Waals surface area contributed by atoms with E-state index in [9.17, 15) is 0 Å². The van der Waals surface area contributed by atoms with Crippen LogP contribution < -0.4 is 11.5 Å². The zero-order valence-corrected chi connectivity index (χ0v) is 15.0. The minimum absolute atomic E-state index is 0.362. The highest BCUT2D eigenvalue weighted by Gasteiger charge is 2.21. The Morgan fingerprint density at radius 2 is 1.10 bits per heavy atom. The van der Waals surface area contributed by atoms with E-state index in [1.165, 1.54) is 0 Å². The molecule has 0 saturated carbocycles. The Hall–Kier alpha value is -0.100. The third-order valence-electron chi connectivity index (χ3n) is 3.03. The maximum atomic E-state index is 6.28. The molecule has 4 N–H and O–H groups in total. The molecule has 2 rings (SSSR count). The second-order valence-corrected chi connectivity index (χ2v) is 6.96. The summed E-state index contributed by atoms with van der Waals surface area (Å²) in [5.41, 5.74) is 14.4. The molecule has 0 bridgehead atoms. The predicted molar refractivity (Wildman–Crippen MR) is 92.2 cm³/mol. The first-order valence-electron chi connectivity index (χ1n) is 5.81. The van der Waals surface area contributed by atoms with Crippen molar-refractivity contribution < 1.29 is 0 Å². The molecule has 0 aromatic heterocycles. The van der Waals surface area contributed by atoms with Gasteiger partial charge in [0.2, 0.25) is 0 Å². The standard InChI is InChI=1S/C14H12Br2Cl2N2/c15-11-5-7(17)1-3-9(11)13(19)14(20)10-4-2-8(18)6-12(10)16/h1-6,13-14H,19-20H2. The molecule has 0 radical (unpaired) electrons. The lowest BCUT2D eigenvalue weighted by Gasteiger charge is -2.23. The molecule has 6 heteroatoms. The summed E-state index contributed by atoms with van der Waals surface area (Å²) in [6, 6.07) is 10.2. The van der Waals surface area contributed by atoms with Crippen LogP contribution in [0.15, 0.2) is 45.3 Å². The van der Waals surface area contributed by atoms with Crippen LogP contribution in [-0.4, -0.2) is 0 Å². The second-order valence-electron chi connectivity index (χ2n) is 4.38. The van der Waals surface area contributed by atoms with Gasteiger partial charge in [0.1, 0.15) is 0 Å². The van der Waals surface area contributed by atoms with Crippen LogP contribution in [0.1, 0.15) is 23.2 Å². The Kier molecular flexibility index (Phi) is 5.51. The highest BCUT2D eigenvalue weighted by molar-refractivity contribution is 9.10. The maximum absolute atomic E-state index is 6.28. The Balaban J connectivity index is 2.34. The molecule has 2 unspecified atom stereocenters. The van der Waals surface area contributed by atoms with E-state index in [4.69, 9.17) is 34.7 Å². The van der Waals surface area contributed by atoms with Gasteiger partial charge in [0.05, 0.1) is 12.1 Å². The van der Waals surface area contributed by atoms with Crippen molar-refractivity contribution in [2.75, 3.05) is 0 Å². The van der Waals surface area contributed by atoms with Gasteiger partial charge in [-0.1, -0.05) is 67.2 Å². The smallest absolute Gasteiger partial charge is 0.0502 e. The molecular formula is C14H12Br2Cl2N2. The number of rotatable bonds is 3. The van der Waals surface area contributed by atoms with Crippen molar-refractivity contribution in [2.24, 2.45) is 11.5 Å². The van der Waals surface area contributed by atoms with Crippen LogP contribution in [0.2, 0.25) is 10.0 Å². The molecule has 0 aliphatic carbocycles. The first-order chi connectivity index (χ1) is 9.40. The Morgan fingerprint density at radius 3 is 1.40 bits per heavy atom. The lowest BCUT2D eigenvalue weighted by atomic mass is 9.95. The molecule has 0 fully saturated rings. The highest BCUT2D eigenvalue weighted by Crippen LogP contribution is 2.35. The van der Waals surface area contributed by atoms with Gasteiger partial charge in [-0.25, -0.2) is 0 Å². The lowest BCUT2D eigenvalue weighted by molar-refractivity contribution is 0.570. The van der Waals surface area contributed by atoms with Gasteiger partial charge >= 0.3 is 0 Å². The molecule has 0 amide bonds. The van der Waals surface area contributed by atoms with E-state index in [2.05, 4.69) is 31.9 Å². The number of halogens is 4. The predicted octanol–water partition coefficient (Wildman–Crippen LogP) is 5.22. The fourth-order valence-electron chi connectivity index (χ4n) is 1.93. The molecule has 2 aromatic carbocycles. The summed E-state index contributed by atoms with van der Waals surface area (Å²) in [6.45, 7) is 0. The van der Waals surface area contributed by atoms with Gasteiger partial charge in [0, 0.05) is 19.0 Å². The fraction of sp³-hybridized carbons (Fsp3) is 0.143. The number of nitrogens with two attached hydrogens (primary N) is 2. The largest absolute Gasteiger partial charge is 0.322 e. The van der Waals surface area contributed by atoms with E-state index in [-0.39, 0.29) is 12.1 Å². The molecule has 2 nitrogen and oxygen atoms in total. The van der Waals surface area contributed by atoms with Crippen LogP contribution in [0.25, 0.3) is 0 Å². The average Bonchev–Trinajstić information content (AvgIpc) is 2.37. The topological polar surface area (TPSA) is 52.0 Å². The van der Waals surface area contributed by atoms with Gasteiger partial charge in [-0.2, -0.15) is 0 Å². The van der Waals surface area contributed by atoms with Crippen LogP contribution in [-0.2, 0) is 0 Å². The van der Waals surface area contributed by atoms with E-state index in [0.29, 0.717) is 10.0 Å². The van der Waals surface area contributed by atoms with E-state index < -0.39 is 0 Å². The average molecular weight is 439 g/mol. The van der Waals surface area contributed by atoms with Gasteiger partial charge in [-0.3, -0.25) is 0 Å². The minimum Gasteiger partial charge on any atom is -0.322 e. The molecule has 0 saturated heterocycles. The van der Waals surface area contributed by atoms with Gasteiger partial charge in [0.15, 0.2) is 0 Å². The van der Waals surface area contributed by atoms with Crippen molar-refractivity contribution in [3.63, 3.8) is 0 Å². The number of hydrogen-bond acceptors (Lipinski definition) is 2. The van der Waals surface area contributed by atoms with Crippen LogP contribution in [0.4, 0.5) is 0 Å². The molecule has 106 valence electrons. The molecule has 0 spiro atoms. The first kappa shape index (κ1) is 16.3. The Morgan fingerprint density at radius 1 is 0.750 bits per heavy atom. The minimum atomic E-state index is -0.362. The van der Waals surface area contributed by atoms with Crippen molar-refractivity contribution >= 4 is 55.1 Å². The molecule has 20 heavy (non-hydrogen) atoms. The molecule has 2 aromatic rings. The molecule has 0 aliphatic heterocycles. The van der Waals surface area contributed by atoms with Crippen LogP contribution in [0, 0.1) is 0 Å². The van der Waals surface area contributed by atoms with E-state index in [1.54, 1.807) is 24.3 Å². The molecular weight excluding hydrogens is 427 g/mol. The van der Waals surface area contributed by atoms with Gasteiger partial charge in [-0.15, -0.1) is 0 Å². The number of hydrogen-bond donors (Lipinski definition) is 2. The van der Waals surface area contributed by atoms with Crippen molar-refractivity contribution in [2.45, 2.75) is 12.1 Å². The Labute approximate surface area is 144 Å². The summed E-state index contributed by atoms with van der Waals surface area (Å²) >= 11 is 18.8. The highest BCUT2D eigenvalue weighted by atomic mass is 79.9. The maximum Gasteiger partial charge on any atom is 0.0502 e. The summed E-state index contributed by atoms with van der Waals surface area (Å²) in [7, 11) is 0. The lowest BCUT2D eigenvalue weighted by Crippen LogP contribution is -2.27. The van der Waals surface area contributed by atoms with Crippen molar-refractivity contribution in [1.29, 1.82) is 0 Å². The summed E-state index contributed by atoms with van der Waals surface area (Å²) in [6.07, 6.45) is 0. The van der Waals surface area contributed by atoms with Crippen molar-refractivity contribution in [3.05, 3.63) is 66.5 Å². The summed E-state index contributed by atoms with van der Waals surface area (Å²) in [5, 5.41) is 1.29. The van der Waals surface area contributed by atoms with Crippen molar-refractivity contribution in [3.8, 4) is 0 Å². The fourth-order valence-corrected chi connectivity index (χ4v) is 3.82. The zero-order chi connectivity index (χ0) is 14.9. The van der Waals surface area contributed by atoms with Gasteiger partial charge in [-0.05, 0) is 35.4 Å². The SMILES string of the molecule is NC(c1ccc(Cl)cc1Br)C(N)c1ccc(Cl)cc1Br. The molecule has 0 heterocycles. The third-order valence-corrected chi connectivity index (χ3v) is 4.87. The number of benzene rings is 2. The van der Waals surface area contributed by atoms with E-state index in [0.717, 1.165) is 20.1 Å². The van der Waals surface area contributed by atoms with Crippen LogP contribution >= 0.6 is 55.1 Å².